The van der Waals surface area contributed by atoms with Crippen molar-refractivity contribution in [2.45, 2.75) is 90.2 Å². The normalized spacial score (nSPS) is 13.5. The third-order valence-electron chi connectivity index (χ3n) is 5.72. The number of benzene rings is 1. The molecule has 34 heavy (non-hydrogen) atoms. The van der Waals surface area contributed by atoms with Gasteiger partial charge in [0.15, 0.2) is 9.84 Å². The lowest BCUT2D eigenvalue weighted by molar-refractivity contribution is -0.128. The molecule has 0 aliphatic rings. The van der Waals surface area contributed by atoms with Crippen molar-refractivity contribution in [2.24, 2.45) is 0 Å². The van der Waals surface area contributed by atoms with Crippen LogP contribution in [0, 0.1) is 0 Å². The molecule has 8 nitrogen and oxygen atoms in total. The second kappa shape index (κ2) is 15.8. The van der Waals surface area contributed by atoms with E-state index in [1.807, 2.05) is 26.0 Å². The van der Waals surface area contributed by atoms with E-state index in [2.05, 4.69) is 35.0 Å². The summed E-state index contributed by atoms with van der Waals surface area (Å²) >= 11 is 0. The molecule has 1 rings (SSSR count). The molecule has 0 bridgehead atoms. The summed E-state index contributed by atoms with van der Waals surface area (Å²) in [7, 11) is -3.58. The fourth-order valence-electron chi connectivity index (χ4n) is 3.75. The van der Waals surface area contributed by atoms with Gasteiger partial charge < -0.3 is 21.1 Å². The monoisotopic (exact) mass is 497 g/mol. The Bertz CT molecular complexity index is 854. The van der Waals surface area contributed by atoms with Crippen LogP contribution in [-0.2, 0) is 32.4 Å². The van der Waals surface area contributed by atoms with Gasteiger partial charge in [-0.15, -0.1) is 0 Å². The van der Waals surface area contributed by atoms with Gasteiger partial charge in [0.1, 0.15) is 6.04 Å². The SMILES string of the molecule is CCCC(CCC)S(=O)(=O)C[C@@H](NC(=O)CC)C(=O)NC[C@H](O)CNCc1cccc(CC)c1. The number of amides is 2. The van der Waals surface area contributed by atoms with Crippen molar-refractivity contribution in [1.82, 2.24) is 16.0 Å². The van der Waals surface area contributed by atoms with E-state index in [9.17, 15) is 23.1 Å². The van der Waals surface area contributed by atoms with Crippen molar-refractivity contribution in [1.29, 1.82) is 0 Å². The molecule has 2 atom stereocenters. The van der Waals surface area contributed by atoms with Crippen LogP contribution in [0.4, 0.5) is 0 Å². The number of carbonyl (C=O) groups excluding carboxylic acids is 2. The van der Waals surface area contributed by atoms with E-state index in [1.165, 1.54) is 5.56 Å². The number of carbonyl (C=O) groups is 2. The number of rotatable bonds is 17. The Morgan fingerprint density at radius 3 is 2.24 bits per heavy atom. The van der Waals surface area contributed by atoms with Crippen molar-refractivity contribution < 1.29 is 23.1 Å². The first-order chi connectivity index (χ1) is 16.2. The van der Waals surface area contributed by atoms with Gasteiger partial charge in [-0.2, -0.15) is 0 Å². The van der Waals surface area contributed by atoms with Gasteiger partial charge in [0.25, 0.3) is 0 Å². The van der Waals surface area contributed by atoms with Gasteiger partial charge in [0.05, 0.1) is 17.1 Å². The Hall–Kier alpha value is -1.97. The Balaban J connectivity index is 2.67. The highest BCUT2D eigenvalue weighted by Crippen LogP contribution is 2.17. The molecule has 9 heteroatoms. The summed E-state index contributed by atoms with van der Waals surface area (Å²) in [6.45, 7) is 8.38. The Labute approximate surface area is 205 Å². The van der Waals surface area contributed by atoms with Crippen LogP contribution in [0.15, 0.2) is 24.3 Å². The van der Waals surface area contributed by atoms with E-state index in [0.717, 1.165) is 24.8 Å². The molecule has 1 aromatic rings. The molecule has 0 aromatic heterocycles. The summed E-state index contributed by atoms with van der Waals surface area (Å²) in [5.41, 5.74) is 2.35. The molecular weight excluding hydrogens is 454 g/mol. The van der Waals surface area contributed by atoms with Gasteiger partial charge >= 0.3 is 0 Å². The van der Waals surface area contributed by atoms with Gasteiger partial charge in [-0.25, -0.2) is 8.42 Å². The van der Waals surface area contributed by atoms with Crippen molar-refractivity contribution in [2.75, 3.05) is 18.8 Å². The van der Waals surface area contributed by atoms with Crippen LogP contribution in [0.3, 0.4) is 0 Å². The first-order valence-electron chi connectivity index (χ1n) is 12.4. The Morgan fingerprint density at radius 1 is 1.00 bits per heavy atom. The second-order valence-corrected chi connectivity index (χ2v) is 11.0. The number of aryl methyl sites for hydroxylation is 1. The number of aliphatic hydroxyl groups excluding tert-OH is 1. The fraction of sp³-hybridized carbons (Fsp3) is 0.680. The molecule has 0 fully saturated rings. The van der Waals surface area contributed by atoms with E-state index in [-0.39, 0.29) is 19.5 Å². The van der Waals surface area contributed by atoms with Crippen molar-refractivity contribution in [3.05, 3.63) is 35.4 Å². The molecule has 2 amide bonds. The number of aliphatic hydroxyl groups is 1. The van der Waals surface area contributed by atoms with Crippen LogP contribution in [0.2, 0.25) is 0 Å². The minimum atomic E-state index is -3.58. The van der Waals surface area contributed by atoms with E-state index in [4.69, 9.17) is 0 Å². The van der Waals surface area contributed by atoms with Crippen molar-refractivity contribution >= 4 is 21.7 Å². The lowest BCUT2D eigenvalue weighted by Crippen LogP contribution is -2.52. The molecule has 0 saturated carbocycles. The minimum Gasteiger partial charge on any atom is -0.390 e. The number of hydrogen-bond donors (Lipinski definition) is 4. The van der Waals surface area contributed by atoms with E-state index in [0.29, 0.717) is 19.4 Å². The molecule has 0 heterocycles. The zero-order valence-electron chi connectivity index (χ0n) is 21.1. The molecule has 0 spiro atoms. The Morgan fingerprint density at radius 2 is 1.65 bits per heavy atom. The highest BCUT2D eigenvalue weighted by Gasteiger charge is 2.32. The number of hydrogen-bond acceptors (Lipinski definition) is 6. The quantitative estimate of drug-likeness (QED) is 0.261. The van der Waals surface area contributed by atoms with Gasteiger partial charge in [-0.1, -0.05) is 64.8 Å². The van der Waals surface area contributed by atoms with Gasteiger partial charge in [-0.3, -0.25) is 9.59 Å². The molecule has 0 saturated heterocycles. The first-order valence-corrected chi connectivity index (χ1v) is 14.1. The first kappa shape index (κ1) is 30.1. The second-order valence-electron chi connectivity index (χ2n) is 8.71. The zero-order valence-corrected chi connectivity index (χ0v) is 21.9. The summed E-state index contributed by atoms with van der Waals surface area (Å²) in [6.07, 6.45) is 2.74. The molecule has 194 valence electrons. The fourth-order valence-corrected chi connectivity index (χ4v) is 5.91. The third kappa shape index (κ3) is 11.0. The molecule has 0 aliphatic heterocycles. The smallest absolute Gasteiger partial charge is 0.243 e. The maximum Gasteiger partial charge on any atom is 0.243 e. The predicted molar refractivity (Wildman–Crippen MR) is 136 cm³/mol. The topological polar surface area (TPSA) is 125 Å². The molecule has 0 unspecified atom stereocenters. The van der Waals surface area contributed by atoms with Gasteiger partial charge in [0.2, 0.25) is 11.8 Å². The molecule has 1 aromatic carbocycles. The van der Waals surface area contributed by atoms with E-state index in [1.54, 1.807) is 6.92 Å². The third-order valence-corrected chi connectivity index (χ3v) is 8.01. The van der Waals surface area contributed by atoms with E-state index < -0.39 is 44.8 Å². The summed E-state index contributed by atoms with van der Waals surface area (Å²) in [4.78, 5) is 24.7. The predicted octanol–water partition coefficient (Wildman–Crippen LogP) is 2.09. The van der Waals surface area contributed by atoms with Crippen LogP contribution < -0.4 is 16.0 Å². The molecule has 0 radical (unpaired) electrons. The largest absolute Gasteiger partial charge is 0.390 e. The highest BCUT2D eigenvalue weighted by molar-refractivity contribution is 7.92. The van der Waals surface area contributed by atoms with Crippen molar-refractivity contribution in [3.8, 4) is 0 Å². The van der Waals surface area contributed by atoms with Gasteiger partial charge in [-0.05, 0) is 30.4 Å². The van der Waals surface area contributed by atoms with Crippen LogP contribution in [0.25, 0.3) is 0 Å². The number of sulfone groups is 1. The average Bonchev–Trinajstić information content (AvgIpc) is 2.81. The lowest BCUT2D eigenvalue weighted by Gasteiger charge is -2.23. The van der Waals surface area contributed by atoms with Crippen LogP contribution >= 0.6 is 0 Å². The average molecular weight is 498 g/mol. The van der Waals surface area contributed by atoms with Gasteiger partial charge in [0, 0.05) is 26.1 Å². The van der Waals surface area contributed by atoms with Crippen LogP contribution in [-0.4, -0.2) is 61.6 Å². The molecule has 0 aliphatic carbocycles. The summed E-state index contributed by atoms with van der Waals surface area (Å²) in [6, 6.07) is 6.98. The minimum absolute atomic E-state index is 0.0489. The highest BCUT2D eigenvalue weighted by atomic mass is 32.2. The molecule has 4 N–H and O–H groups in total. The summed E-state index contributed by atoms with van der Waals surface area (Å²) in [5.74, 6) is -1.45. The maximum atomic E-state index is 13.0. The summed E-state index contributed by atoms with van der Waals surface area (Å²) in [5, 5.41) is 18.0. The van der Waals surface area contributed by atoms with E-state index >= 15 is 0 Å². The number of nitrogens with one attached hydrogen (secondary N) is 3. The Kier molecular flexibility index (Phi) is 14.0. The van der Waals surface area contributed by atoms with Crippen molar-refractivity contribution in [3.63, 3.8) is 0 Å². The standard InChI is InChI=1S/C25H43N3O5S/c1-5-10-22(11-6-2)34(32,33)18-23(28-24(30)8-4)25(31)27-17-21(29)16-26-15-20-13-9-12-19(7-3)14-20/h9,12-14,21-23,26,29H,5-8,10-11,15-18H2,1-4H3,(H,27,31)(H,28,30)/t21-,23-/m1/s1. The molecular formula is C25H43N3O5S. The van der Waals surface area contributed by atoms with Crippen LogP contribution in [0.5, 0.6) is 0 Å². The summed E-state index contributed by atoms with van der Waals surface area (Å²) < 4.78 is 25.9. The zero-order chi connectivity index (χ0) is 25.6. The maximum absolute atomic E-state index is 13.0. The lowest BCUT2D eigenvalue weighted by atomic mass is 10.1. The van der Waals surface area contributed by atoms with Crippen LogP contribution in [0.1, 0.15) is 70.9 Å².